The van der Waals surface area contributed by atoms with Crippen molar-refractivity contribution in [3.63, 3.8) is 0 Å². The van der Waals surface area contributed by atoms with E-state index in [0.717, 1.165) is 16.7 Å². The highest BCUT2D eigenvalue weighted by atomic mass is 35.5. The first-order valence-electron chi connectivity index (χ1n) is 16.5. The van der Waals surface area contributed by atoms with Gasteiger partial charge in [0.2, 0.25) is 5.91 Å². The largest absolute Gasteiger partial charge is 0.497 e. The van der Waals surface area contributed by atoms with Gasteiger partial charge in [0.1, 0.15) is 35.3 Å². The molecule has 4 bridgehead atoms. The first kappa shape index (κ1) is 37.2. The molecule has 7 atom stereocenters. The van der Waals surface area contributed by atoms with E-state index >= 15 is 0 Å². The van der Waals surface area contributed by atoms with Crippen molar-refractivity contribution in [2.45, 2.75) is 89.0 Å². The van der Waals surface area contributed by atoms with Crippen molar-refractivity contribution in [2.75, 3.05) is 37.2 Å². The number of benzene rings is 2. The van der Waals surface area contributed by atoms with Crippen LogP contribution in [0.3, 0.4) is 0 Å². The fraction of sp³-hybridized carbons (Fsp3) is 0.486. The number of carbonyl (C=O) groups is 3. The van der Waals surface area contributed by atoms with Crippen LogP contribution in [-0.4, -0.2) is 80.0 Å². The van der Waals surface area contributed by atoms with Gasteiger partial charge in [-0.25, -0.2) is 4.79 Å². The molecule has 0 spiro atoms. The van der Waals surface area contributed by atoms with Gasteiger partial charge in [0.25, 0.3) is 0 Å². The van der Waals surface area contributed by atoms with Crippen molar-refractivity contribution in [3.05, 3.63) is 70.3 Å². The molecule has 0 radical (unpaired) electrons. The lowest BCUT2D eigenvalue weighted by Crippen LogP contribution is -2.53. The molecule has 2 amide bonds. The zero-order valence-corrected chi connectivity index (χ0v) is 30.2. The fourth-order valence-electron chi connectivity index (χ4n) is 6.95. The molecule has 12 nitrogen and oxygen atoms in total. The van der Waals surface area contributed by atoms with Crippen LogP contribution >= 0.6 is 11.6 Å². The number of halogens is 1. The van der Waals surface area contributed by atoms with Gasteiger partial charge < -0.3 is 39.4 Å². The molecule has 4 N–H and O–H groups in total. The van der Waals surface area contributed by atoms with E-state index in [4.69, 9.17) is 41.0 Å². The molecular formula is C37H46ClN3O9. The summed E-state index contributed by atoms with van der Waals surface area (Å²) >= 11 is 6.75. The number of nitrogens with zero attached hydrogens (tertiary/aromatic N) is 1. The van der Waals surface area contributed by atoms with E-state index in [-0.39, 0.29) is 30.9 Å². The van der Waals surface area contributed by atoms with Gasteiger partial charge in [-0.2, -0.15) is 0 Å². The van der Waals surface area contributed by atoms with Gasteiger partial charge in [0, 0.05) is 32.6 Å². The molecule has 2 aromatic carbocycles. The summed E-state index contributed by atoms with van der Waals surface area (Å²) in [6, 6.07) is 8.61. The van der Waals surface area contributed by atoms with Crippen LogP contribution in [0.4, 0.5) is 21.9 Å². The van der Waals surface area contributed by atoms with Crippen molar-refractivity contribution in [1.29, 1.82) is 0 Å². The molecule has 2 fully saturated rings. The minimum Gasteiger partial charge on any atom is -0.497 e. The van der Waals surface area contributed by atoms with Crippen molar-refractivity contribution in [2.24, 2.45) is 5.92 Å². The maximum Gasteiger partial charge on any atom is 0.412 e. The van der Waals surface area contributed by atoms with Crippen LogP contribution in [0.2, 0.25) is 5.02 Å². The Hall–Kier alpha value is -4.10. The molecule has 13 heteroatoms. The van der Waals surface area contributed by atoms with Crippen LogP contribution < -0.4 is 20.7 Å². The van der Waals surface area contributed by atoms with Gasteiger partial charge in [-0.3, -0.25) is 14.9 Å². The van der Waals surface area contributed by atoms with E-state index in [2.05, 4.69) is 5.32 Å². The monoisotopic (exact) mass is 711 g/mol. The molecule has 5 rings (SSSR count). The summed E-state index contributed by atoms with van der Waals surface area (Å²) in [5.41, 5.74) is 7.19. The Kier molecular flexibility index (Phi) is 10.9. The van der Waals surface area contributed by atoms with E-state index < -0.39 is 53.6 Å². The highest BCUT2D eigenvalue weighted by molar-refractivity contribution is 6.34. The van der Waals surface area contributed by atoms with Crippen LogP contribution in [0.15, 0.2) is 54.1 Å². The van der Waals surface area contributed by atoms with E-state index in [1.165, 1.54) is 19.1 Å². The van der Waals surface area contributed by atoms with Crippen molar-refractivity contribution >= 4 is 46.6 Å². The standard InChI is InChI=1S/C37H46ClN3O9/c1-20-9-8-10-29(47-7)37(45)18-28(48-32(43)19-37)22(3)34-36(4,50-34)30(49-35(44)40-26-12-11-24(46-6)16-25(26)39)17-31(42)41(5)27-15-23(13-20)14-21(2)33(27)38/h8-12,14-16,22,28-30,34,45H,13,17-19,39H2,1-7H3,(H,40,44)/b10-8+,20-9+/t22-,28+,29-,30+,34+,36+,37-/m1/s1. The summed E-state index contributed by atoms with van der Waals surface area (Å²) in [6.07, 6.45) is 1.47. The Balaban J connectivity index is 1.52. The number of anilines is 3. The van der Waals surface area contributed by atoms with E-state index in [9.17, 15) is 19.5 Å². The number of allylic oxidation sites excluding steroid dienone is 3. The third-order valence-electron chi connectivity index (χ3n) is 9.95. The third-order valence-corrected chi connectivity index (χ3v) is 10.4. The molecule has 3 aliphatic rings. The van der Waals surface area contributed by atoms with Gasteiger partial charge in [-0.05, 0) is 56.5 Å². The highest BCUT2D eigenvalue weighted by Gasteiger charge is 2.64. The van der Waals surface area contributed by atoms with E-state index in [0.29, 0.717) is 28.6 Å². The number of rotatable bonds is 4. The van der Waals surface area contributed by atoms with Crippen molar-refractivity contribution in [1.82, 2.24) is 0 Å². The molecule has 2 saturated heterocycles. The molecule has 0 aromatic heterocycles. The molecule has 50 heavy (non-hydrogen) atoms. The second-order valence-corrected chi connectivity index (χ2v) is 14.1. The van der Waals surface area contributed by atoms with Gasteiger partial charge in [-0.1, -0.05) is 48.4 Å². The predicted octanol–water partition coefficient (Wildman–Crippen LogP) is 5.51. The van der Waals surface area contributed by atoms with Crippen LogP contribution in [0.25, 0.3) is 0 Å². The van der Waals surface area contributed by atoms with Gasteiger partial charge in [-0.15, -0.1) is 0 Å². The number of nitrogen functional groups attached to an aromatic ring is 1. The highest BCUT2D eigenvalue weighted by Crippen LogP contribution is 2.49. The molecular weight excluding hydrogens is 666 g/mol. The Morgan fingerprint density at radius 1 is 1.18 bits per heavy atom. The number of hydrogen-bond acceptors (Lipinski definition) is 10. The van der Waals surface area contributed by atoms with Crippen LogP contribution in [0.1, 0.15) is 51.2 Å². The van der Waals surface area contributed by atoms with E-state index in [1.807, 2.05) is 39.0 Å². The molecule has 270 valence electrons. The Morgan fingerprint density at radius 2 is 1.92 bits per heavy atom. The summed E-state index contributed by atoms with van der Waals surface area (Å²) in [5, 5.41) is 14.9. The molecule has 3 aliphatic heterocycles. The summed E-state index contributed by atoms with van der Waals surface area (Å²) in [5.74, 6) is -0.895. The average Bonchev–Trinajstić information content (AvgIpc) is 3.75. The summed E-state index contributed by atoms with van der Waals surface area (Å²) in [7, 11) is 4.61. The molecule has 2 aromatic rings. The number of carbonyl (C=O) groups excluding carboxylic acids is 3. The number of amides is 2. The quantitative estimate of drug-likeness (QED) is 0.209. The summed E-state index contributed by atoms with van der Waals surface area (Å²) < 4.78 is 28.8. The Morgan fingerprint density at radius 3 is 2.60 bits per heavy atom. The minimum absolute atomic E-state index is 0.0788. The topological polar surface area (TPSA) is 162 Å². The molecule has 0 saturated carbocycles. The first-order chi connectivity index (χ1) is 23.6. The van der Waals surface area contributed by atoms with Crippen LogP contribution in [0.5, 0.6) is 5.75 Å². The molecule has 0 aliphatic carbocycles. The Bertz CT molecular complexity index is 1710. The minimum atomic E-state index is -1.55. The lowest BCUT2D eigenvalue weighted by Gasteiger charge is -2.41. The van der Waals surface area contributed by atoms with Gasteiger partial charge in [0.05, 0.1) is 48.1 Å². The summed E-state index contributed by atoms with van der Waals surface area (Å²) in [4.78, 5) is 41.7. The van der Waals surface area contributed by atoms with E-state index in [1.54, 1.807) is 44.3 Å². The first-order valence-corrected chi connectivity index (χ1v) is 16.9. The number of epoxide rings is 1. The number of esters is 1. The number of ether oxygens (including phenoxy) is 5. The molecule has 0 unspecified atom stereocenters. The number of fused-ring (bicyclic) bond motifs is 5. The normalized spacial score (nSPS) is 31.8. The molecule has 3 heterocycles. The van der Waals surface area contributed by atoms with Crippen LogP contribution in [0, 0.1) is 12.8 Å². The fourth-order valence-corrected chi connectivity index (χ4v) is 7.18. The Labute approximate surface area is 297 Å². The van der Waals surface area contributed by atoms with Crippen molar-refractivity contribution < 1.29 is 43.2 Å². The number of nitrogens with one attached hydrogen (secondary N) is 1. The van der Waals surface area contributed by atoms with Crippen LogP contribution in [-0.2, 0) is 35.0 Å². The lowest BCUT2D eigenvalue weighted by molar-refractivity contribution is -0.187. The SMILES string of the molecule is COc1ccc(NC(=O)O[C@H]2CC(=O)N(C)c3cc(cc(C)c3Cl)C/C(C)=C/C=C/[C@@H](OC)[C@]3(O)CC(=O)O[C@@H](C3)[C@@H](C)[C@@H]3O[C@@]23C)c(N)c1. The number of aryl methyl sites for hydroxylation is 1. The van der Waals surface area contributed by atoms with Crippen molar-refractivity contribution in [3.8, 4) is 5.75 Å². The zero-order valence-electron chi connectivity index (χ0n) is 29.4. The second-order valence-electron chi connectivity index (χ2n) is 13.7. The lowest BCUT2D eigenvalue weighted by atomic mass is 9.78. The smallest absolute Gasteiger partial charge is 0.412 e. The number of methoxy groups -OCH3 is 2. The predicted molar refractivity (Wildman–Crippen MR) is 189 cm³/mol. The van der Waals surface area contributed by atoms with Gasteiger partial charge in [0.15, 0.2) is 0 Å². The number of aliphatic hydroxyl groups is 1. The maximum absolute atomic E-state index is 14.0. The zero-order chi connectivity index (χ0) is 36.5. The summed E-state index contributed by atoms with van der Waals surface area (Å²) in [6.45, 7) is 7.42. The van der Waals surface area contributed by atoms with Gasteiger partial charge >= 0.3 is 12.1 Å². The average molecular weight is 712 g/mol. The number of hydrogen-bond donors (Lipinski definition) is 3. The second kappa shape index (κ2) is 14.6. The maximum atomic E-state index is 14.0. The number of nitrogens with two attached hydrogens (primary N) is 1. The third kappa shape index (κ3) is 7.78.